The Morgan fingerprint density at radius 2 is 2.06 bits per heavy atom. The number of hydrogen-bond acceptors (Lipinski definition) is 9. The highest BCUT2D eigenvalue weighted by atomic mass is 32.2. The number of anilines is 1. The molecule has 2 saturated carbocycles. The molecule has 1 N–H and O–H groups in total. The van der Waals surface area contributed by atoms with Crippen molar-refractivity contribution in [3.63, 3.8) is 0 Å². The van der Waals surface area contributed by atoms with Gasteiger partial charge in [-0.1, -0.05) is 0 Å². The maximum Gasteiger partial charge on any atom is 0.270 e. The molecule has 2 fully saturated rings. The maximum atomic E-state index is 12.9. The summed E-state index contributed by atoms with van der Waals surface area (Å²) in [6.45, 7) is 2.36. The monoisotopic (exact) mass is 486 g/mol. The van der Waals surface area contributed by atoms with Gasteiger partial charge in [0, 0.05) is 23.2 Å². The first-order chi connectivity index (χ1) is 16.0. The Morgan fingerprint density at radius 1 is 1.24 bits per heavy atom. The number of thiazole rings is 1. The van der Waals surface area contributed by atoms with Crippen molar-refractivity contribution in [3.8, 4) is 17.1 Å². The molecule has 172 valence electrons. The molecule has 0 radical (unpaired) electrons. The number of nitrogens with zero attached hydrogens (tertiary/aromatic N) is 5. The molecule has 0 atom stereocenters. The number of pyridine rings is 1. The zero-order chi connectivity index (χ0) is 23.0. The van der Waals surface area contributed by atoms with Crippen LogP contribution in [0.2, 0.25) is 0 Å². The zero-order valence-corrected chi connectivity index (χ0v) is 19.5. The first-order valence-electron chi connectivity index (χ1n) is 10.6. The van der Waals surface area contributed by atoms with Crippen molar-refractivity contribution in [3.05, 3.63) is 47.5 Å². The summed E-state index contributed by atoms with van der Waals surface area (Å²) in [4.78, 5) is 30.2. The molecule has 0 saturated heterocycles. The van der Waals surface area contributed by atoms with E-state index in [1.165, 1.54) is 15.6 Å². The van der Waals surface area contributed by atoms with Crippen LogP contribution in [0.4, 0.5) is 5.13 Å². The average Bonchev–Trinajstić information content (AvgIpc) is 3.74. The predicted molar refractivity (Wildman–Crippen MR) is 123 cm³/mol. The van der Waals surface area contributed by atoms with E-state index in [1.54, 1.807) is 30.7 Å². The molecule has 3 aromatic heterocycles. The van der Waals surface area contributed by atoms with Crippen molar-refractivity contribution in [2.75, 3.05) is 10.9 Å². The van der Waals surface area contributed by atoms with Gasteiger partial charge < -0.3 is 10.1 Å². The number of rotatable bonds is 9. The molecule has 0 aromatic carbocycles. The quantitative estimate of drug-likeness (QED) is 0.441. The van der Waals surface area contributed by atoms with Gasteiger partial charge in [0.25, 0.3) is 5.91 Å². The lowest BCUT2D eigenvalue weighted by Gasteiger charge is -2.16. The Morgan fingerprint density at radius 3 is 2.70 bits per heavy atom. The number of hydrogen-bond donors (Lipinski definition) is 2. The van der Waals surface area contributed by atoms with Crippen molar-refractivity contribution in [2.45, 2.75) is 44.2 Å². The number of amides is 1. The normalized spacial score (nSPS) is 16.4. The van der Waals surface area contributed by atoms with Crippen LogP contribution in [0.1, 0.15) is 48.8 Å². The summed E-state index contributed by atoms with van der Waals surface area (Å²) < 4.78 is 30.0. The van der Waals surface area contributed by atoms with Gasteiger partial charge in [0.1, 0.15) is 5.69 Å². The topological polar surface area (TPSA) is 127 Å². The van der Waals surface area contributed by atoms with Crippen molar-refractivity contribution in [1.82, 2.24) is 25.3 Å². The van der Waals surface area contributed by atoms with Gasteiger partial charge in [0.05, 0.1) is 35.9 Å². The third-order valence-corrected chi connectivity index (χ3v) is 7.39. The molecule has 3 aromatic rings. The van der Waals surface area contributed by atoms with Crippen LogP contribution in [0.15, 0.2) is 36.1 Å². The minimum absolute atomic E-state index is 0.0106. The van der Waals surface area contributed by atoms with Crippen LogP contribution in [0.5, 0.6) is 5.88 Å². The van der Waals surface area contributed by atoms with Crippen LogP contribution in [0.3, 0.4) is 0 Å². The summed E-state index contributed by atoms with van der Waals surface area (Å²) in [5.74, 6) is 0.119. The number of nitrogens with one attached hydrogen (secondary N) is 1. The Balaban J connectivity index is 1.29. The SMILES string of the molecule is CCOc1cncc(-c2ccc(C(=O)NC3(c4csc(N(C5CC5)[SH](=O)=O)n4)CC3)nc2)n1. The highest BCUT2D eigenvalue weighted by molar-refractivity contribution is 7.74. The van der Waals surface area contributed by atoms with Crippen LogP contribution in [0.25, 0.3) is 11.3 Å². The highest BCUT2D eigenvalue weighted by Crippen LogP contribution is 2.47. The van der Waals surface area contributed by atoms with Gasteiger partial charge in [-0.3, -0.25) is 14.8 Å². The lowest BCUT2D eigenvalue weighted by molar-refractivity contribution is 0.0925. The third kappa shape index (κ3) is 4.53. The molecule has 2 aliphatic rings. The summed E-state index contributed by atoms with van der Waals surface area (Å²) in [5.41, 5.74) is 1.71. The Bertz CT molecular complexity index is 1240. The molecule has 0 unspecified atom stereocenters. The largest absolute Gasteiger partial charge is 0.477 e. The second-order valence-corrected chi connectivity index (χ2v) is 9.72. The Labute approximate surface area is 196 Å². The molecule has 0 aliphatic heterocycles. The van der Waals surface area contributed by atoms with E-state index in [9.17, 15) is 13.2 Å². The summed E-state index contributed by atoms with van der Waals surface area (Å²) >= 11 is 1.29. The molecule has 5 rings (SSSR count). The van der Waals surface area contributed by atoms with E-state index < -0.39 is 16.4 Å². The minimum Gasteiger partial charge on any atom is -0.477 e. The maximum absolute atomic E-state index is 12.9. The van der Waals surface area contributed by atoms with Crippen molar-refractivity contribution in [2.24, 2.45) is 0 Å². The fraction of sp³-hybridized carbons (Fsp3) is 0.381. The number of carbonyl (C=O) groups is 1. The second kappa shape index (κ2) is 8.67. The van der Waals surface area contributed by atoms with Crippen LogP contribution >= 0.6 is 11.3 Å². The van der Waals surface area contributed by atoms with E-state index in [0.717, 1.165) is 31.2 Å². The molecule has 3 heterocycles. The first kappa shape index (κ1) is 21.7. The zero-order valence-electron chi connectivity index (χ0n) is 17.8. The summed E-state index contributed by atoms with van der Waals surface area (Å²) in [6.07, 6.45) is 7.92. The lowest BCUT2D eigenvalue weighted by atomic mass is 10.1. The van der Waals surface area contributed by atoms with Crippen LogP contribution < -0.4 is 14.4 Å². The number of ether oxygens (including phenoxy) is 1. The smallest absolute Gasteiger partial charge is 0.270 e. The van der Waals surface area contributed by atoms with Gasteiger partial charge >= 0.3 is 0 Å². The third-order valence-electron chi connectivity index (χ3n) is 5.55. The van der Waals surface area contributed by atoms with Gasteiger partial charge in [0.2, 0.25) is 16.8 Å². The van der Waals surface area contributed by atoms with E-state index in [4.69, 9.17) is 4.74 Å². The van der Waals surface area contributed by atoms with E-state index in [2.05, 4.69) is 25.3 Å². The molecular weight excluding hydrogens is 464 g/mol. The molecule has 33 heavy (non-hydrogen) atoms. The Hall–Kier alpha value is -3.12. The molecule has 10 nitrogen and oxygen atoms in total. The summed E-state index contributed by atoms with van der Waals surface area (Å²) in [7, 11) is -2.73. The molecule has 1 amide bonds. The summed E-state index contributed by atoms with van der Waals surface area (Å²) in [5, 5.41) is 5.33. The fourth-order valence-corrected chi connectivity index (χ4v) is 5.43. The van der Waals surface area contributed by atoms with E-state index >= 15 is 0 Å². The van der Waals surface area contributed by atoms with Gasteiger partial charge in [-0.15, -0.1) is 11.3 Å². The second-order valence-electron chi connectivity index (χ2n) is 7.97. The molecule has 12 heteroatoms. The Kier molecular flexibility index (Phi) is 5.71. The van der Waals surface area contributed by atoms with E-state index in [0.29, 0.717) is 29.0 Å². The van der Waals surface area contributed by atoms with Gasteiger partial charge in [-0.05, 0) is 44.7 Å². The predicted octanol–water partition coefficient (Wildman–Crippen LogP) is 2.31. The van der Waals surface area contributed by atoms with Gasteiger partial charge in [0.15, 0.2) is 5.13 Å². The van der Waals surface area contributed by atoms with Gasteiger partial charge in [-0.2, -0.15) is 0 Å². The number of aromatic nitrogens is 4. The molecule has 0 spiro atoms. The minimum atomic E-state index is -2.73. The molecular formula is C21H22N6O4S2. The van der Waals surface area contributed by atoms with E-state index in [1.807, 2.05) is 12.3 Å². The van der Waals surface area contributed by atoms with Crippen LogP contribution in [0, 0.1) is 0 Å². The molecule has 2 aliphatic carbocycles. The van der Waals surface area contributed by atoms with Gasteiger partial charge in [-0.25, -0.2) is 22.7 Å². The van der Waals surface area contributed by atoms with E-state index in [-0.39, 0.29) is 17.6 Å². The van der Waals surface area contributed by atoms with Crippen molar-refractivity contribution < 1.29 is 17.9 Å². The average molecular weight is 487 g/mol. The van der Waals surface area contributed by atoms with Crippen molar-refractivity contribution in [1.29, 1.82) is 0 Å². The van der Waals surface area contributed by atoms with Crippen molar-refractivity contribution >= 4 is 33.3 Å². The number of carbonyl (C=O) groups excluding carboxylic acids is 1. The standard InChI is InChI=1S/C21H22N6O4S2/c1-2-31-18-11-22-10-16(24-18)13-3-6-15(23-9-13)19(28)26-21(7-8-21)17-12-32-20(25-17)27(33(29)30)14-4-5-14/h3,6,9-12,14,33H,2,4-5,7-8H2,1H3,(H,26,28). The van der Waals surface area contributed by atoms with Crippen LogP contribution in [-0.4, -0.2) is 46.9 Å². The van der Waals surface area contributed by atoms with Crippen LogP contribution in [-0.2, 0) is 16.4 Å². The molecule has 0 bridgehead atoms. The first-order valence-corrected chi connectivity index (χ1v) is 12.6. The fourth-order valence-electron chi connectivity index (χ4n) is 3.50. The summed E-state index contributed by atoms with van der Waals surface area (Å²) in [6, 6.07) is 3.41. The highest BCUT2D eigenvalue weighted by Gasteiger charge is 2.48. The number of thiol groups is 1. The lowest BCUT2D eigenvalue weighted by Crippen LogP contribution is -2.35.